The molecule has 0 fully saturated rings. The van der Waals surface area contributed by atoms with Crippen molar-refractivity contribution >= 4 is 17.4 Å². The number of phenols is 2. The summed E-state index contributed by atoms with van der Waals surface area (Å²) in [5.74, 6) is -1.01. The fourth-order valence-corrected chi connectivity index (χ4v) is 4.26. The largest absolute Gasteiger partial charge is 0.507 e. The minimum Gasteiger partial charge on any atom is -0.507 e. The first kappa shape index (κ1) is 21.2. The molecule has 0 bridgehead atoms. The van der Waals surface area contributed by atoms with Gasteiger partial charge >= 0.3 is 0 Å². The van der Waals surface area contributed by atoms with Crippen LogP contribution in [0.15, 0.2) is 65.8 Å². The third kappa shape index (κ3) is 5.10. The maximum absolute atomic E-state index is 13.3. The molecule has 0 unspecified atom stereocenters. The van der Waals surface area contributed by atoms with Crippen molar-refractivity contribution in [2.45, 2.75) is 45.4 Å². The maximum atomic E-state index is 13.3. The van der Waals surface area contributed by atoms with Gasteiger partial charge in [-0.15, -0.1) is 0 Å². The first-order chi connectivity index (χ1) is 13.9. The molecule has 29 heavy (non-hydrogen) atoms. The van der Waals surface area contributed by atoms with Crippen molar-refractivity contribution in [2.24, 2.45) is 5.92 Å². The van der Waals surface area contributed by atoms with Gasteiger partial charge in [0.1, 0.15) is 17.1 Å². The Bertz CT molecular complexity index is 934. The first-order valence-electron chi connectivity index (χ1n) is 9.98. The lowest BCUT2D eigenvalue weighted by molar-refractivity contribution is 0.0889. The molecule has 0 saturated carbocycles. The summed E-state index contributed by atoms with van der Waals surface area (Å²) < 4.78 is 0. The maximum Gasteiger partial charge on any atom is 0.174 e. The van der Waals surface area contributed by atoms with Crippen LogP contribution in [-0.4, -0.2) is 16.0 Å². The third-order valence-electron chi connectivity index (χ3n) is 5.53. The Hall–Kier alpha value is -2.52. The summed E-state index contributed by atoms with van der Waals surface area (Å²) in [7, 11) is 0. The molecule has 0 amide bonds. The Morgan fingerprint density at radius 3 is 2.48 bits per heavy atom. The average Bonchev–Trinajstić information content (AvgIpc) is 2.67. The molecule has 152 valence electrons. The molecular formula is C25H27ClO3. The van der Waals surface area contributed by atoms with Crippen molar-refractivity contribution in [1.82, 2.24) is 0 Å². The molecule has 2 aromatic rings. The van der Waals surface area contributed by atoms with Crippen LogP contribution in [0.5, 0.6) is 11.5 Å². The molecule has 1 aliphatic rings. The van der Waals surface area contributed by atoms with Gasteiger partial charge in [0.05, 0.1) is 0 Å². The molecule has 0 saturated heterocycles. The fraction of sp³-hybridized carbons (Fsp3) is 0.320. The number of carbonyl (C=O) groups is 1. The lowest BCUT2D eigenvalue weighted by Crippen LogP contribution is -2.26. The summed E-state index contributed by atoms with van der Waals surface area (Å²) in [5, 5.41) is 21.0. The van der Waals surface area contributed by atoms with Gasteiger partial charge in [0, 0.05) is 10.9 Å². The fourth-order valence-electron chi connectivity index (χ4n) is 4.06. The molecule has 0 heterocycles. The molecule has 2 aromatic carbocycles. The van der Waals surface area contributed by atoms with E-state index < -0.39 is 0 Å². The van der Waals surface area contributed by atoms with Crippen molar-refractivity contribution in [3.8, 4) is 11.5 Å². The predicted octanol–water partition coefficient (Wildman–Crippen LogP) is 6.80. The van der Waals surface area contributed by atoms with Gasteiger partial charge in [-0.3, -0.25) is 4.79 Å². The van der Waals surface area contributed by atoms with E-state index in [1.165, 1.54) is 29.3 Å². The average molecular weight is 411 g/mol. The number of halogens is 1. The van der Waals surface area contributed by atoms with Gasteiger partial charge in [-0.2, -0.15) is 0 Å². The number of Topliss-reactive ketones (excluding diaryl/α,β-unsaturated/α-hetero) is 1. The van der Waals surface area contributed by atoms with E-state index in [-0.39, 0.29) is 34.7 Å². The highest BCUT2D eigenvalue weighted by Crippen LogP contribution is 2.43. The molecule has 0 radical (unpaired) electrons. The van der Waals surface area contributed by atoms with E-state index in [2.05, 4.69) is 26.0 Å². The van der Waals surface area contributed by atoms with Gasteiger partial charge < -0.3 is 10.2 Å². The number of benzene rings is 2. The summed E-state index contributed by atoms with van der Waals surface area (Å²) in [4.78, 5) is 13.3. The quantitative estimate of drug-likeness (QED) is 0.406. The highest BCUT2D eigenvalue weighted by molar-refractivity contribution is 6.30. The van der Waals surface area contributed by atoms with Gasteiger partial charge in [0.25, 0.3) is 0 Å². The molecule has 3 rings (SSSR count). The van der Waals surface area contributed by atoms with Crippen molar-refractivity contribution < 1.29 is 15.0 Å². The summed E-state index contributed by atoms with van der Waals surface area (Å²) in [5.41, 5.74) is 3.65. The molecule has 4 heteroatoms. The molecule has 1 aliphatic carbocycles. The van der Waals surface area contributed by atoms with Crippen molar-refractivity contribution in [3.05, 3.63) is 81.9 Å². The number of hydrogen-bond donors (Lipinski definition) is 2. The van der Waals surface area contributed by atoms with E-state index in [1.54, 1.807) is 0 Å². The second-order valence-electron chi connectivity index (χ2n) is 7.93. The molecule has 2 atom stereocenters. The van der Waals surface area contributed by atoms with Crippen LogP contribution in [0.4, 0.5) is 0 Å². The van der Waals surface area contributed by atoms with Crippen LogP contribution >= 0.6 is 11.6 Å². The predicted molar refractivity (Wildman–Crippen MR) is 118 cm³/mol. The number of aromatic hydroxyl groups is 2. The number of hydrogen-bond acceptors (Lipinski definition) is 3. The zero-order valence-corrected chi connectivity index (χ0v) is 17.6. The molecule has 3 nitrogen and oxygen atoms in total. The van der Waals surface area contributed by atoms with Gasteiger partial charge in [0.15, 0.2) is 5.78 Å². The number of phenolic OH excluding ortho intramolecular Hbond substituents is 2. The molecule has 0 spiro atoms. The normalized spacial score (nSPS) is 18.8. The molecule has 2 N–H and O–H groups in total. The van der Waals surface area contributed by atoms with E-state index >= 15 is 0 Å². The topological polar surface area (TPSA) is 57.5 Å². The van der Waals surface area contributed by atoms with Crippen LogP contribution in [0.2, 0.25) is 5.02 Å². The summed E-state index contributed by atoms with van der Waals surface area (Å²) in [6, 6.07) is 12.0. The van der Waals surface area contributed by atoms with Crippen LogP contribution in [0, 0.1) is 5.92 Å². The smallest absolute Gasteiger partial charge is 0.174 e. The lowest BCUT2D eigenvalue weighted by Gasteiger charge is -2.31. The highest BCUT2D eigenvalue weighted by atomic mass is 35.5. The monoisotopic (exact) mass is 410 g/mol. The van der Waals surface area contributed by atoms with Gasteiger partial charge in [-0.25, -0.2) is 0 Å². The minimum absolute atomic E-state index is 0.00548. The lowest BCUT2D eigenvalue weighted by atomic mass is 9.72. The number of carbonyl (C=O) groups excluding carboxylic acids is 1. The zero-order chi connectivity index (χ0) is 21.0. The SMILES string of the molecule is CC(C)=CCCC1=CC[C@@H](C(=O)c2c(O)cccc2O)[C@H](c2cccc(Cl)c2)C1. The van der Waals surface area contributed by atoms with E-state index in [0.29, 0.717) is 11.4 Å². The third-order valence-corrected chi connectivity index (χ3v) is 5.76. The Kier molecular flexibility index (Phi) is 6.81. The Labute approximate surface area is 177 Å². The Morgan fingerprint density at radius 2 is 1.83 bits per heavy atom. The first-order valence-corrected chi connectivity index (χ1v) is 10.4. The Morgan fingerprint density at radius 1 is 1.14 bits per heavy atom. The molecule has 0 aromatic heterocycles. The standard InChI is InChI=1S/C25H27ClO3/c1-16(2)6-3-7-17-12-13-20(21(14-17)18-8-4-9-19(26)15-18)25(29)24-22(27)10-5-11-23(24)28/h4-6,8-12,15,20-21,27-28H,3,7,13-14H2,1-2H3/t20-,21+/m1/s1. The molecular weight excluding hydrogens is 384 g/mol. The van der Waals surface area contributed by atoms with Crippen LogP contribution in [0.1, 0.15) is 61.4 Å². The van der Waals surface area contributed by atoms with Gasteiger partial charge in [-0.1, -0.05) is 53.1 Å². The summed E-state index contributed by atoms with van der Waals surface area (Å²) >= 11 is 6.23. The van der Waals surface area contributed by atoms with Crippen LogP contribution in [-0.2, 0) is 0 Å². The summed E-state index contributed by atoms with van der Waals surface area (Å²) in [6.45, 7) is 4.19. The van der Waals surface area contributed by atoms with Crippen molar-refractivity contribution in [2.75, 3.05) is 0 Å². The van der Waals surface area contributed by atoms with E-state index in [4.69, 9.17) is 11.6 Å². The second kappa shape index (κ2) is 9.32. The zero-order valence-electron chi connectivity index (χ0n) is 16.9. The van der Waals surface area contributed by atoms with Gasteiger partial charge in [-0.05, 0) is 75.3 Å². The van der Waals surface area contributed by atoms with Crippen LogP contribution < -0.4 is 0 Å². The minimum atomic E-state index is -0.361. The number of ketones is 1. The van der Waals surface area contributed by atoms with Crippen LogP contribution in [0.25, 0.3) is 0 Å². The van der Waals surface area contributed by atoms with E-state index in [0.717, 1.165) is 24.8 Å². The van der Waals surface area contributed by atoms with E-state index in [1.807, 2.05) is 24.3 Å². The van der Waals surface area contributed by atoms with Crippen molar-refractivity contribution in [1.29, 1.82) is 0 Å². The van der Waals surface area contributed by atoms with Crippen LogP contribution in [0.3, 0.4) is 0 Å². The van der Waals surface area contributed by atoms with E-state index in [9.17, 15) is 15.0 Å². The number of rotatable bonds is 6. The highest BCUT2D eigenvalue weighted by Gasteiger charge is 2.35. The summed E-state index contributed by atoms with van der Waals surface area (Å²) in [6.07, 6.45) is 7.67. The molecule has 0 aliphatic heterocycles. The van der Waals surface area contributed by atoms with Gasteiger partial charge in [0.2, 0.25) is 0 Å². The number of allylic oxidation sites excluding steroid dienone is 4. The Balaban J connectivity index is 1.94. The van der Waals surface area contributed by atoms with Crippen molar-refractivity contribution in [3.63, 3.8) is 0 Å². The second-order valence-corrected chi connectivity index (χ2v) is 8.36.